The number of hydrogen-bond acceptors (Lipinski definition) is 6. The molecule has 2 aromatic rings. The van der Waals surface area contributed by atoms with Gasteiger partial charge in [-0.05, 0) is 30.3 Å². The van der Waals surface area contributed by atoms with Crippen molar-refractivity contribution in [1.82, 2.24) is 9.88 Å². The minimum atomic E-state index is -0.498. The van der Waals surface area contributed by atoms with Crippen molar-refractivity contribution in [1.29, 1.82) is 0 Å². The predicted octanol–water partition coefficient (Wildman–Crippen LogP) is 1.59. The van der Waals surface area contributed by atoms with Gasteiger partial charge in [-0.3, -0.25) is 14.6 Å². The molecule has 1 aliphatic heterocycles. The maximum Gasteiger partial charge on any atom is 0.337 e. The second-order valence-corrected chi connectivity index (χ2v) is 5.86. The fourth-order valence-corrected chi connectivity index (χ4v) is 2.67. The number of carbonyl (C=O) groups is 3. The molecule has 8 heteroatoms. The van der Waals surface area contributed by atoms with Crippen molar-refractivity contribution in [2.45, 2.75) is 0 Å². The summed E-state index contributed by atoms with van der Waals surface area (Å²) >= 11 is 0. The lowest BCUT2D eigenvalue weighted by Crippen LogP contribution is -2.40. The smallest absolute Gasteiger partial charge is 0.337 e. The summed E-state index contributed by atoms with van der Waals surface area (Å²) in [6, 6.07) is 9.40. The topological polar surface area (TPSA) is 97.8 Å². The number of carbonyl (C=O) groups excluding carboxylic acids is 3. The van der Waals surface area contributed by atoms with E-state index >= 15 is 0 Å². The molecule has 140 valence electrons. The van der Waals surface area contributed by atoms with E-state index in [1.807, 2.05) is 0 Å². The zero-order valence-electron chi connectivity index (χ0n) is 14.8. The van der Waals surface area contributed by atoms with E-state index in [9.17, 15) is 14.4 Å². The number of esters is 1. The van der Waals surface area contributed by atoms with Gasteiger partial charge in [0.1, 0.15) is 5.69 Å². The Balaban J connectivity index is 1.74. The number of aromatic nitrogens is 1. The number of amides is 2. The molecule has 0 saturated carbocycles. The lowest BCUT2D eigenvalue weighted by molar-refractivity contribution is 0.0302. The van der Waals surface area contributed by atoms with E-state index < -0.39 is 11.9 Å². The number of methoxy groups -OCH3 is 1. The van der Waals surface area contributed by atoms with Gasteiger partial charge in [0.2, 0.25) is 0 Å². The third-order valence-electron chi connectivity index (χ3n) is 4.08. The fourth-order valence-electron chi connectivity index (χ4n) is 2.67. The van der Waals surface area contributed by atoms with Crippen LogP contribution in [0.2, 0.25) is 0 Å². The van der Waals surface area contributed by atoms with Crippen molar-refractivity contribution < 1.29 is 23.9 Å². The molecule has 1 N–H and O–H groups in total. The number of ether oxygens (including phenoxy) is 2. The van der Waals surface area contributed by atoms with Crippen molar-refractivity contribution in [3.63, 3.8) is 0 Å². The first-order valence-corrected chi connectivity index (χ1v) is 8.41. The SMILES string of the molecule is COC(=O)c1cccc(NC(=O)c2cc(C(=O)N3CCOCC3)ccn2)c1. The number of anilines is 1. The maximum absolute atomic E-state index is 12.5. The minimum Gasteiger partial charge on any atom is -0.465 e. The third kappa shape index (κ3) is 4.48. The van der Waals surface area contributed by atoms with Crippen molar-refractivity contribution >= 4 is 23.5 Å². The van der Waals surface area contributed by atoms with Crippen LogP contribution in [0, 0.1) is 0 Å². The second-order valence-electron chi connectivity index (χ2n) is 5.86. The number of benzene rings is 1. The highest BCUT2D eigenvalue weighted by Gasteiger charge is 2.20. The number of rotatable bonds is 4. The van der Waals surface area contributed by atoms with Crippen molar-refractivity contribution in [3.05, 3.63) is 59.4 Å². The van der Waals surface area contributed by atoms with Gasteiger partial charge < -0.3 is 19.7 Å². The lowest BCUT2D eigenvalue weighted by atomic mass is 10.1. The molecule has 0 radical (unpaired) electrons. The number of hydrogen-bond donors (Lipinski definition) is 1. The van der Waals surface area contributed by atoms with Crippen molar-refractivity contribution in [3.8, 4) is 0 Å². The van der Waals surface area contributed by atoms with Gasteiger partial charge in [-0.1, -0.05) is 6.07 Å². The molecule has 8 nitrogen and oxygen atoms in total. The number of morpholine rings is 1. The van der Waals surface area contributed by atoms with Gasteiger partial charge in [0, 0.05) is 30.5 Å². The summed E-state index contributed by atoms with van der Waals surface area (Å²) in [5.74, 6) is -1.14. The van der Waals surface area contributed by atoms with E-state index in [1.165, 1.54) is 25.4 Å². The first-order valence-electron chi connectivity index (χ1n) is 8.41. The van der Waals surface area contributed by atoms with Gasteiger partial charge in [0.05, 0.1) is 25.9 Å². The van der Waals surface area contributed by atoms with E-state index in [-0.39, 0.29) is 11.6 Å². The summed E-state index contributed by atoms with van der Waals surface area (Å²) in [5, 5.41) is 2.67. The molecule has 1 aromatic carbocycles. The monoisotopic (exact) mass is 369 g/mol. The van der Waals surface area contributed by atoms with Gasteiger partial charge in [-0.25, -0.2) is 4.79 Å². The minimum absolute atomic E-state index is 0.109. The average molecular weight is 369 g/mol. The predicted molar refractivity (Wildman–Crippen MR) is 96.7 cm³/mol. The summed E-state index contributed by atoms with van der Waals surface area (Å²) in [5.41, 5.74) is 1.24. The molecule has 2 heterocycles. The molecule has 0 atom stereocenters. The molecule has 1 aromatic heterocycles. The number of nitrogens with one attached hydrogen (secondary N) is 1. The quantitative estimate of drug-likeness (QED) is 0.822. The Morgan fingerprint density at radius 2 is 1.89 bits per heavy atom. The summed E-state index contributed by atoms with van der Waals surface area (Å²) in [7, 11) is 1.29. The number of nitrogens with zero attached hydrogens (tertiary/aromatic N) is 2. The molecule has 0 spiro atoms. The highest BCUT2D eigenvalue weighted by Crippen LogP contribution is 2.14. The zero-order chi connectivity index (χ0) is 19.2. The van der Waals surface area contributed by atoms with E-state index in [2.05, 4.69) is 15.0 Å². The largest absolute Gasteiger partial charge is 0.465 e. The Bertz CT molecular complexity index is 862. The van der Waals surface area contributed by atoms with Crippen molar-refractivity contribution in [2.24, 2.45) is 0 Å². The Labute approximate surface area is 156 Å². The van der Waals surface area contributed by atoms with Crippen LogP contribution in [0.1, 0.15) is 31.2 Å². The molecule has 0 aliphatic carbocycles. The van der Waals surface area contributed by atoms with E-state index in [1.54, 1.807) is 29.2 Å². The van der Waals surface area contributed by atoms with Crippen LogP contribution < -0.4 is 5.32 Å². The zero-order valence-corrected chi connectivity index (χ0v) is 14.8. The Hall–Kier alpha value is -3.26. The van der Waals surface area contributed by atoms with Crippen LogP contribution in [0.25, 0.3) is 0 Å². The van der Waals surface area contributed by atoms with Crippen molar-refractivity contribution in [2.75, 3.05) is 38.7 Å². The molecule has 1 aliphatic rings. The third-order valence-corrected chi connectivity index (χ3v) is 4.08. The molecular formula is C19H19N3O5. The first-order chi connectivity index (χ1) is 13.1. The molecule has 1 fully saturated rings. The summed E-state index contributed by atoms with van der Waals surface area (Å²) in [6.45, 7) is 2.04. The van der Waals surface area contributed by atoms with E-state index in [4.69, 9.17) is 4.74 Å². The summed E-state index contributed by atoms with van der Waals surface area (Å²) in [6.07, 6.45) is 1.42. The van der Waals surface area contributed by atoms with Crippen LogP contribution in [-0.4, -0.2) is 61.1 Å². The highest BCUT2D eigenvalue weighted by molar-refractivity contribution is 6.05. The normalized spacial score (nSPS) is 13.7. The summed E-state index contributed by atoms with van der Waals surface area (Å²) < 4.78 is 9.91. The second kappa shape index (κ2) is 8.41. The Kier molecular flexibility index (Phi) is 5.77. The van der Waals surface area contributed by atoms with E-state index in [0.717, 1.165) is 0 Å². The molecule has 0 bridgehead atoms. The fraction of sp³-hybridized carbons (Fsp3) is 0.263. The molecule has 2 amide bonds. The molecule has 1 saturated heterocycles. The van der Waals surface area contributed by atoms with Gasteiger partial charge >= 0.3 is 5.97 Å². The Morgan fingerprint density at radius 3 is 2.63 bits per heavy atom. The van der Waals surface area contributed by atoms with Crippen LogP contribution in [-0.2, 0) is 9.47 Å². The number of pyridine rings is 1. The van der Waals surface area contributed by atoms with Crippen LogP contribution >= 0.6 is 0 Å². The van der Waals surface area contributed by atoms with E-state index in [0.29, 0.717) is 43.1 Å². The molecule has 27 heavy (non-hydrogen) atoms. The van der Waals surface area contributed by atoms with Crippen LogP contribution in [0.4, 0.5) is 5.69 Å². The molecular weight excluding hydrogens is 350 g/mol. The first kappa shape index (κ1) is 18.5. The van der Waals surface area contributed by atoms with Gasteiger partial charge in [0.25, 0.3) is 11.8 Å². The molecule has 0 unspecified atom stereocenters. The van der Waals surface area contributed by atoms with Gasteiger partial charge in [-0.2, -0.15) is 0 Å². The summed E-state index contributed by atoms with van der Waals surface area (Å²) in [4.78, 5) is 42.3. The van der Waals surface area contributed by atoms with Crippen LogP contribution in [0.5, 0.6) is 0 Å². The van der Waals surface area contributed by atoms with Gasteiger partial charge in [0.15, 0.2) is 0 Å². The maximum atomic E-state index is 12.5. The Morgan fingerprint density at radius 1 is 1.11 bits per heavy atom. The van der Waals surface area contributed by atoms with Gasteiger partial charge in [-0.15, -0.1) is 0 Å². The van der Waals surface area contributed by atoms with Crippen LogP contribution in [0.3, 0.4) is 0 Å². The highest BCUT2D eigenvalue weighted by atomic mass is 16.5. The van der Waals surface area contributed by atoms with Crippen LogP contribution in [0.15, 0.2) is 42.6 Å². The average Bonchev–Trinajstić information content (AvgIpc) is 2.73. The lowest BCUT2D eigenvalue weighted by Gasteiger charge is -2.26. The molecule has 3 rings (SSSR count). The standard InChI is InChI=1S/C19H19N3O5/c1-26-19(25)14-3-2-4-15(11-14)21-17(23)16-12-13(5-6-20-16)18(24)22-7-9-27-10-8-22/h2-6,11-12H,7-10H2,1H3,(H,21,23).